The number of benzene rings is 1. The molecular formula is C25H27IN6O6S. The molecule has 0 aliphatic carbocycles. The minimum Gasteiger partial charge on any atom is -0.369 e. The first kappa shape index (κ1) is 27.9. The molecule has 2 saturated heterocycles. The lowest BCUT2D eigenvalue weighted by Crippen LogP contribution is -2.40. The van der Waals surface area contributed by atoms with Gasteiger partial charge in [-0.25, -0.2) is 14.5 Å². The zero-order valence-electron chi connectivity index (χ0n) is 22.1. The predicted molar refractivity (Wildman–Crippen MR) is 148 cm³/mol. The summed E-state index contributed by atoms with van der Waals surface area (Å²) in [6.45, 7) is 5.32. The number of halogens is 1. The van der Waals surface area contributed by atoms with Gasteiger partial charge in [0, 0.05) is 23.2 Å². The molecule has 0 radical (unpaired) electrons. The summed E-state index contributed by atoms with van der Waals surface area (Å²) in [7, 11) is 0.679. The first-order chi connectivity index (χ1) is 18.3. The predicted octanol–water partition coefficient (Wildman–Crippen LogP) is 3.21. The van der Waals surface area contributed by atoms with Gasteiger partial charge >= 0.3 is 0 Å². The van der Waals surface area contributed by atoms with Gasteiger partial charge in [0.1, 0.15) is 36.2 Å². The number of aryl methyl sites for hydroxylation is 1. The van der Waals surface area contributed by atoms with E-state index in [1.807, 2.05) is 21.0 Å². The van der Waals surface area contributed by atoms with Gasteiger partial charge in [-0.15, -0.1) is 0 Å². The van der Waals surface area contributed by atoms with Crippen molar-refractivity contribution < 1.29 is 26.8 Å². The fraction of sp³-hybridized carbons (Fsp3) is 0.440. The number of nitriles is 1. The number of rotatable bonds is 6. The molecule has 0 amide bonds. The summed E-state index contributed by atoms with van der Waals surface area (Å²) < 4.78 is 52.0. The highest BCUT2D eigenvalue weighted by molar-refractivity contribution is 14.1. The molecule has 0 N–H and O–H groups in total. The normalized spacial score (nSPS) is 26.3. The number of hydrogen-bond acceptors (Lipinski definition) is 10. The van der Waals surface area contributed by atoms with E-state index < -0.39 is 39.8 Å². The Morgan fingerprint density at radius 1 is 1.26 bits per heavy atom. The first-order valence-corrected chi connectivity index (χ1v) is 14.4. The second kappa shape index (κ2) is 9.75. The summed E-state index contributed by atoms with van der Waals surface area (Å²) in [5.74, 6) is -0.662. The standard InChI is InChI=1S/C25H27IN6O6S/c1-14-7-8-17(39(33,34)35-6)15(9-14)20-21-22(38-24(2,3)36-21)25(11-27,37-20)18-10-16(26)19-23(29-13-31(4)5)28-12-30-32(18)19/h7-10,12-13,20-22H,1-6H3/t20-,21-,22-,25?/m1/s1. The van der Waals surface area contributed by atoms with Crippen molar-refractivity contribution in [2.24, 2.45) is 4.99 Å². The van der Waals surface area contributed by atoms with Crippen LogP contribution in [0.4, 0.5) is 5.82 Å². The number of nitrogens with zero attached hydrogens (tertiary/aromatic N) is 6. The molecule has 1 aromatic carbocycles. The van der Waals surface area contributed by atoms with Crippen LogP contribution in [0.1, 0.15) is 36.8 Å². The number of fused-ring (bicyclic) bond motifs is 2. The topological polar surface area (TPSA) is 141 Å². The van der Waals surface area contributed by atoms with Crippen molar-refractivity contribution >= 4 is 50.4 Å². The van der Waals surface area contributed by atoms with Gasteiger partial charge < -0.3 is 19.1 Å². The van der Waals surface area contributed by atoms with Gasteiger partial charge in [-0.3, -0.25) is 4.18 Å². The smallest absolute Gasteiger partial charge is 0.297 e. The average molecular weight is 666 g/mol. The van der Waals surface area contributed by atoms with Gasteiger partial charge in [0.15, 0.2) is 11.6 Å². The lowest BCUT2D eigenvalue weighted by atomic mass is 9.91. The van der Waals surface area contributed by atoms with E-state index in [1.54, 1.807) is 47.8 Å². The van der Waals surface area contributed by atoms with E-state index in [9.17, 15) is 13.7 Å². The number of ether oxygens (including phenoxy) is 3. The second-order valence-corrected chi connectivity index (χ2v) is 12.8. The van der Waals surface area contributed by atoms with Crippen LogP contribution in [-0.4, -0.2) is 73.5 Å². The SMILES string of the molecule is COS(=O)(=O)c1ccc(C)cc1[C@H]1OC(C#N)(c2cc(I)c3c(N=CN(C)C)ncnn23)[C@@H]2OC(C)(C)O[C@H]12. The Morgan fingerprint density at radius 2 is 2.00 bits per heavy atom. The third kappa shape index (κ3) is 4.60. The van der Waals surface area contributed by atoms with Crippen molar-refractivity contribution in [3.8, 4) is 6.07 Å². The van der Waals surface area contributed by atoms with Crippen LogP contribution in [0.25, 0.3) is 5.52 Å². The van der Waals surface area contributed by atoms with Crippen LogP contribution < -0.4 is 0 Å². The monoisotopic (exact) mass is 666 g/mol. The molecular weight excluding hydrogens is 639 g/mol. The Morgan fingerprint density at radius 3 is 2.67 bits per heavy atom. The van der Waals surface area contributed by atoms with Crippen LogP contribution >= 0.6 is 22.6 Å². The minimum atomic E-state index is -4.10. The molecule has 2 aliphatic heterocycles. The molecule has 2 aliphatic rings. The van der Waals surface area contributed by atoms with Crippen LogP contribution in [0.15, 0.2) is 40.5 Å². The van der Waals surface area contributed by atoms with E-state index in [2.05, 4.69) is 43.7 Å². The van der Waals surface area contributed by atoms with Gasteiger partial charge in [-0.2, -0.15) is 18.8 Å². The fourth-order valence-electron chi connectivity index (χ4n) is 4.98. The zero-order chi connectivity index (χ0) is 28.3. The maximum atomic E-state index is 12.9. The summed E-state index contributed by atoms with van der Waals surface area (Å²) in [6, 6.07) is 8.94. The molecule has 206 valence electrons. The van der Waals surface area contributed by atoms with Gasteiger partial charge in [-0.1, -0.05) is 17.7 Å². The van der Waals surface area contributed by atoms with E-state index in [0.717, 1.165) is 16.2 Å². The highest BCUT2D eigenvalue weighted by atomic mass is 127. The summed E-state index contributed by atoms with van der Waals surface area (Å²) in [5.41, 5.74) is 0.361. The van der Waals surface area contributed by atoms with Gasteiger partial charge in [0.2, 0.25) is 5.60 Å². The lowest BCUT2D eigenvalue weighted by Gasteiger charge is -2.29. The van der Waals surface area contributed by atoms with Crippen LogP contribution in [0.3, 0.4) is 0 Å². The van der Waals surface area contributed by atoms with Crippen LogP contribution in [-0.2, 0) is 34.1 Å². The molecule has 5 rings (SSSR count). The van der Waals surface area contributed by atoms with E-state index in [4.69, 9.17) is 18.4 Å². The van der Waals surface area contributed by atoms with Crippen molar-refractivity contribution in [1.82, 2.24) is 19.5 Å². The molecule has 14 heteroatoms. The molecule has 12 nitrogen and oxygen atoms in total. The molecule has 1 unspecified atom stereocenters. The average Bonchev–Trinajstić information content (AvgIpc) is 3.49. The van der Waals surface area contributed by atoms with E-state index >= 15 is 0 Å². The Hall–Kier alpha value is -2.68. The summed E-state index contributed by atoms with van der Waals surface area (Å²) >= 11 is 2.14. The number of aromatic nitrogens is 3. The van der Waals surface area contributed by atoms with Crippen LogP contribution in [0.2, 0.25) is 0 Å². The number of hydrogen-bond donors (Lipinski definition) is 0. The van der Waals surface area contributed by atoms with Crippen LogP contribution in [0.5, 0.6) is 0 Å². The number of aliphatic imine (C=N–C) groups is 1. The molecule has 0 bridgehead atoms. The van der Waals surface area contributed by atoms with Crippen molar-refractivity contribution in [2.45, 2.75) is 55.4 Å². The highest BCUT2D eigenvalue weighted by Gasteiger charge is 2.66. The second-order valence-electron chi connectivity index (χ2n) is 10.00. The molecule has 4 atom stereocenters. The van der Waals surface area contributed by atoms with E-state index in [1.165, 1.54) is 12.4 Å². The van der Waals surface area contributed by atoms with Crippen molar-refractivity contribution in [1.29, 1.82) is 5.26 Å². The summed E-state index contributed by atoms with van der Waals surface area (Å²) in [6.07, 6.45) is 0.258. The van der Waals surface area contributed by atoms with Crippen LogP contribution in [0, 0.1) is 21.8 Å². The highest BCUT2D eigenvalue weighted by Crippen LogP contribution is 2.55. The molecule has 4 heterocycles. The Labute approximate surface area is 239 Å². The molecule has 2 fully saturated rings. The van der Waals surface area contributed by atoms with Crippen molar-refractivity contribution in [2.75, 3.05) is 21.2 Å². The van der Waals surface area contributed by atoms with Gasteiger partial charge in [0.25, 0.3) is 10.1 Å². The Bertz CT molecular complexity index is 1630. The third-order valence-corrected chi connectivity index (χ3v) is 8.72. The molecule has 0 saturated carbocycles. The summed E-state index contributed by atoms with van der Waals surface area (Å²) in [4.78, 5) is 10.5. The Balaban J connectivity index is 1.73. The Kier molecular flexibility index (Phi) is 6.97. The van der Waals surface area contributed by atoms with Gasteiger partial charge in [-0.05, 0) is 55.5 Å². The summed E-state index contributed by atoms with van der Waals surface area (Å²) in [5, 5.41) is 15.2. The maximum Gasteiger partial charge on any atom is 0.297 e. The van der Waals surface area contributed by atoms with Crippen molar-refractivity contribution in [3.05, 3.63) is 51.0 Å². The molecule has 39 heavy (non-hydrogen) atoms. The molecule has 3 aromatic rings. The van der Waals surface area contributed by atoms with E-state index in [-0.39, 0.29) is 4.90 Å². The van der Waals surface area contributed by atoms with Crippen molar-refractivity contribution in [3.63, 3.8) is 0 Å². The minimum absolute atomic E-state index is 0.0707. The zero-order valence-corrected chi connectivity index (χ0v) is 25.1. The van der Waals surface area contributed by atoms with E-state index in [0.29, 0.717) is 22.6 Å². The van der Waals surface area contributed by atoms with Gasteiger partial charge in [0.05, 0.1) is 24.0 Å². The quantitative estimate of drug-likeness (QED) is 0.167. The molecule has 2 aromatic heterocycles. The maximum absolute atomic E-state index is 12.9. The fourth-order valence-corrected chi connectivity index (χ4v) is 6.62. The first-order valence-electron chi connectivity index (χ1n) is 11.9. The largest absolute Gasteiger partial charge is 0.369 e. The lowest BCUT2D eigenvalue weighted by molar-refractivity contribution is -0.202. The third-order valence-electron chi connectivity index (χ3n) is 6.55. The molecule has 0 spiro atoms.